The molecule has 0 N–H and O–H groups in total. The average Bonchev–Trinajstić information content (AvgIpc) is 2.54. The standard InChI is InChI=1S/C13H17NO3S/c1-10-5-4-6-11(9-10)18(16,17)14-8-7-12(15)13(14,2)3/h4-6,9H,7-8H2,1-3H3. The first-order valence-electron chi connectivity index (χ1n) is 5.89. The van der Waals surface area contributed by atoms with Crippen LogP contribution in [0.2, 0.25) is 0 Å². The first kappa shape index (κ1) is 13.2. The van der Waals surface area contributed by atoms with Crippen molar-refractivity contribution < 1.29 is 13.2 Å². The Morgan fingerprint density at radius 2 is 1.94 bits per heavy atom. The molecule has 1 aliphatic rings. The minimum absolute atomic E-state index is 0.0290. The van der Waals surface area contributed by atoms with E-state index in [2.05, 4.69) is 0 Å². The van der Waals surface area contributed by atoms with E-state index in [1.807, 2.05) is 13.0 Å². The third-order valence-electron chi connectivity index (χ3n) is 3.43. The van der Waals surface area contributed by atoms with Crippen LogP contribution in [-0.2, 0) is 14.8 Å². The molecule has 98 valence electrons. The van der Waals surface area contributed by atoms with E-state index in [0.717, 1.165) is 5.56 Å². The van der Waals surface area contributed by atoms with E-state index in [9.17, 15) is 13.2 Å². The van der Waals surface area contributed by atoms with Gasteiger partial charge < -0.3 is 0 Å². The quantitative estimate of drug-likeness (QED) is 0.820. The van der Waals surface area contributed by atoms with E-state index in [0.29, 0.717) is 0 Å². The van der Waals surface area contributed by atoms with Gasteiger partial charge in [0.25, 0.3) is 0 Å². The lowest BCUT2D eigenvalue weighted by Gasteiger charge is -2.29. The van der Waals surface area contributed by atoms with E-state index in [4.69, 9.17) is 0 Å². The molecule has 2 rings (SSSR count). The zero-order valence-corrected chi connectivity index (χ0v) is 11.6. The summed E-state index contributed by atoms with van der Waals surface area (Å²) >= 11 is 0. The molecule has 1 heterocycles. The third-order valence-corrected chi connectivity index (χ3v) is 5.49. The number of carbonyl (C=O) groups excluding carboxylic acids is 1. The second kappa shape index (κ2) is 4.17. The van der Waals surface area contributed by atoms with Gasteiger partial charge in [0.15, 0.2) is 5.78 Å². The van der Waals surface area contributed by atoms with Crippen LogP contribution in [0.4, 0.5) is 0 Å². The highest BCUT2D eigenvalue weighted by atomic mass is 32.2. The van der Waals surface area contributed by atoms with Gasteiger partial charge in [0.2, 0.25) is 10.0 Å². The normalized spacial score (nSPS) is 20.3. The highest BCUT2D eigenvalue weighted by Crippen LogP contribution is 2.31. The fraction of sp³-hybridized carbons (Fsp3) is 0.462. The molecule has 4 nitrogen and oxygen atoms in total. The van der Waals surface area contributed by atoms with Gasteiger partial charge >= 0.3 is 0 Å². The zero-order valence-electron chi connectivity index (χ0n) is 10.8. The molecule has 1 aromatic rings. The van der Waals surface area contributed by atoms with Gasteiger partial charge in [-0.15, -0.1) is 0 Å². The van der Waals surface area contributed by atoms with E-state index in [1.165, 1.54) is 4.31 Å². The maximum Gasteiger partial charge on any atom is 0.243 e. The average molecular weight is 267 g/mol. The number of rotatable bonds is 2. The van der Waals surface area contributed by atoms with Crippen molar-refractivity contribution in [2.45, 2.75) is 37.6 Å². The molecular weight excluding hydrogens is 250 g/mol. The Hall–Kier alpha value is -1.20. The minimum Gasteiger partial charge on any atom is -0.298 e. The number of aryl methyl sites for hydroxylation is 1. The molecule has 0 radical (unpaired) electrons. The first-order valence-corrected chi connectivity index (χ1v) is 7.33. The van der Waals surface area contributed by atoms with Crippen molar-refractivity contribution in [1.82, 2.24) is 4.31 Å². The summed E-state index contributed by atoms with van der Waals surface area (Å²) in [7, 11) is -3.59. The summed E-state index contributed by atoms with van der Waals surface area (Å²) in [6.45, 7) is 5.44. The van der Waals surface area contributed by atoms with Crippen LogP contribution in [0.3, 0.4) is 0 Å². The SMILES string of the molecule is Cc1cccc(S(=O)(=O)N2CCC(=O)C2(C)C)c1. The highest BCUT2D eigenvalue weighted by molar-refractivity contribution is 7.89. The predicted molar refractivity (Wildman–Crippen MR) is 68.8 cm³/mol. The number of Topliss-reactive ketones (excluding diaryl/α,β-unsaturated/α-hetero) is 1. The number of hydrogen-bond acceptors (Lipinski definition) is 3. The molecule has 0 bridgehead atoms. The molecular formula is C13H17NO3S. The Labute approximate surface area is 108 Å². The van der Waals surface area contributed by atoms with Gasteiger partial charge in [-0.25, -0.2) is 8.42 Å². The molecule has 5 heteroatoms. The highest BCUT2D eigenvalue weighted by Gasteiger charge is 2.46. The fourth-order valence-electron chi connectivity index (χ4n) is 2.25. The van der Waals surface area contributed by atoms with Crippen molar-refractivity contribution in [2.24, 2.45) is 0 Å². The van der Waals surface area contributed by atoms with Crippen LogP contribution >= 0.6 is 0 Å². The summed E-state index contributed by atoms with van der Waals surface area (Å²) in [5.74, 6) is -0.0290. The molecule has 1 aliphatic heterocycles. The van der Waals surface area contributed by atoms with E-state index in [1.54, 1.807) is 32.0 Å². The number of sulfonamides is 1. The second-order valence-electron chi connectivity index (χ2n) is 5.13. The van der Waals surface area contributed by atoms with Gasteiger partial charge in [0.05, 0.1) is 10.4 Å². The van der Waals surface area contributed by atoms with Crippen LogP contribution in [0, 0.1) is 6.92 Å². The number of hydrogen-bond donors (Lipinski definition) is 0. The van der Waals surface area contributed by atoms with Gasteiger partial charge in [-0.05, 0) is 38.5 Å². The molecule has 0 spiro atoms. The summed E-state index contributed by atoms with van der Waals surface area (Å²) in [5.41, 5.74) is -0.0535. The molecule has 1 aromatic carbocycles. The Morgan fingerprint density at radius 1 is 1.28 bits per heavy atom. The van der Waals surface area contributed by atoms with Crippen LogP contribution in [-0.4, -0.2) is 30.6 Å². The lowest BCUT2D eigenvalue weighted by Crippen LogP contribution is -2.46. The van der Waals surface area contributed by atoms with Crippen LogP contribution in [0.5, 0.6) is 0 Å². The van der Waals surface area contributed by atoms with Crippen molar-refractivity contribution in [3.63, 3.8) is 0 Å². The number of ketones is 1. The van der Waals surface area contributed by atoms with Crippen LogP contribution < -0.4 is 0 Å². The van der Waals surface area contributed by atoms with Crippen molar-refractivity contribution >= 4 is 15.8 Å². The lowest BCUT2D eigenvalue weighted by molar-refractivity contribution is -0.122. The smallest absolute Gasteiger partial charge is 0.243 e. The first-order chi connectivity index (χ1) is 8.26. The van der Waals surface area contributed by atoms with E-state index in [-0.39, 0.29) is 23.6 Å². The van der Waals surface area contributed by atoms with E-state index >= 15 is 0 Å². The molecule has 0 atom stereocenters. The van der Waals surface area contributed by atoms with Gasteiger partial charge in [0.1, 0.15) is 0 Å². The number of carbonyl (C=O) groups is 1. The molecule has 0 amide bonds. The maximum absolute atomic E-state index is 12.5. The zero-order chi connectivity index (χ0) is 13.6. The minimum atomic E-state index is -3.59. The Kier molecular flexibility index (Phi) is 3.07. The number of nitrogens with zero attached hydrogens (tertiary/aromatic N) is 1. The van der Waals surface area contributed by atoms with Gasteiger partial charge in [-0.1, -0.05) is 12.1 Å². The van der Waals surface area contributed by atoms with Gasteiger partial charge in [-0.3, -0.25) is 4.79 Å². The van der Waals surface area contributed by atoms with Crippen molar-refractivity contribution in [3.05, 3.63) is 29.8 Å². The number of benzene rings is 1. The summed E-state index contributed by atoms with van der Waals surface area (Å²) in [6.07, 6.45) is 0.290. The van der Waals surface area contributed by atoms with Crippen LogP contribution in [0.1, 0.15) is 25.8 Å². The van der Waals surface area contributed by atoms with Gasteiger partial charge in [-0.2, -0.15) is 4.31 Å². The molecule has 0 saturated carbocycles. The summed E-state index contributed by atoms with van der Waals surface area (Å²) < 4.78 is 26.3. The summed E-state index contributed by atoms with van der Waals surface area (Å²) in [5, 5.41) is 0. The monoisotopic (exact) mass is 267 g/mol. The van der Waals surface area contributed by atoms with Crippen LogP contribution in [0.15, 0.2) is 29.2 Å². The van der Waals surface area contributed by atoms with Gasteiger partial charge in [0, 0.05) is 13.0 Å². The molecule has 1 saturated heterocycles. The lowest BCUT2D eigenvalue weighted by atomic mass is 10.0. The summed E-state index contributed by atoms with van der Waals surface area (Å²) in [4.78, 5) is 12.0. The summed E-state index contributed by atoms with van der Waals surface area (Å²) in [6, 6.07) is 6.77. The Morgan fingerprint density at radius 3 is 2.44 bits per heavy atom. The molecule has 18 heavy (non-hydrogen) atoms. The molecule has 0 aromatic heterocycles. The Balaban J connectivity index is 2.48. The molecule has 1 fully saturated rings. The fourth-order valence-corrected chi connectivity index (χ4v) is 4.13. The Bertz CT molecular complexity index is 590. The van der Waals surface area contributed by atoms with Crippen molar-refractivity contribution in [2.75, 3.05) is 6.54 Å². The molecule has 0 aliphatic carbocycles. The second-order valence-corrected chi connectivity index (χ2v) is 6.99. The van der Waals surface area contributed by atoms with Crippen molar-refractivity contribution in [1.29, 1.82) is 0 Å². The van der Waals surface area contributed by atoms with Crippen molar-refractivity contribution in [3.8, 4) is 0 Å². The predicted octanol–water partition coefficient (Wildman–Crippen LogP) is 1.74. The third kappa shape index (κ3) is 1.97. The largest absolute Gasteiger partial charge is 0.298 e. The van der Waals surface area contributed by atoms with Crippen LogP contribution in [0.25, 0.3) is 0 Å². The van der Waals surface area contributed by atoms with E-state index < -0.39 is 15.6 Å². The topological polar surface area (TPSA) is 54.5 Å². The molecule has 0 unspecified atom stereocenters. The maximum atomic E-state index is 12.5.